The summed E-state index contributed by atoms with van der Waals surface area (Å²) in [7, 11) is 0. The average Bonchev–Trinajstić information content (AvgIpc) is 3.86. The molecule has 0 spiro atoms. The van der Waals surface area contributed by atoms with E-state index in [1.54, 1.807) is 0 Å². The van der Waals surface area contributed by atoms with E-state index in [-0.39, 0.29) is 0 Å². The third-order valence-corrected chi connectivity index (χ3v) is 11.1. The molecule has 236 valence electrons. The Morgan fingerprint density at radius 1 is 0.353 bits per heavy atom. The van der Waals surface area contributed by atoms with Crippen molar-refractivity contribution in [2.75, 3.05) is 4.90 Å². The van der Waals surface area contributed by atoms with E-state index in [0.717, 1.165) is 39.0 Å². The highest BCUT2D eigenvalue weighted by atomic mass is 16.3. The van der Waals surface area contributed by atoms with E-state index >= 15 is 0 Å². The van der Waals surface area contributed by atoms with Crippen LogP contribution in [0.25, 0.3) is 92.4 Å². The fourth-order valence-electron chi connectivity index (χ4n) is 8.93. The molecule has 9 aromatic carbocycles. The van der Waals surface area contributed by atoms with Crippen molar-refractivity contribution in [1.82, 2.24) is 4.40 Å². The molecule has 0 radical (unpaired) electrons. The van der Waals surface area contributed by atoms with Gasteiger partial charge in [-0.1, -0.05) is 127 Å². The van der Waals surface area contributed by atoms with Crippen molar-refractivity contribution in [2.45, 2.75) is 0 Å². The molecule has 0 aliphatic carbocycles. The molecule has 3 aromatic heterocycles. The Morgan fingerprint density at radius 3 is 1.61 bits per heavy atom. The van der Waals surface area contributed by atoms with E-state index in [0.29, 0.717) is 0 Å². The first-order chi connectivity index (χ1) is 25.3. The lowest BCUT2D eigenvalue weighted by Crippen LogP contribution is -2.10. The van der Waals surface area contributed by atoms with Crippen molar-refractivity contribution < 1.29 is 4.42 Å². The molecule has 0 saturated heterocycles. The fraction of sp³-hybridized carbons (Fsp3) is 0. The Balaban J connectivity index is 1.20. The van der Waals surface area contributed by atoms with Gasteiger partial charge in [0.1, 0.15) is 5.58 Å². The van der Waals surface area contributed by atoms with E-state index in [1.165, 1.54) is 70.4 Å². The maximum atomic E-state index is 6.71. The van der Waals surface area contributed by atoms with Crippen molar-refractivity contribution in [2.24, 2.45) is 0 Å². The number of furan rings is 1. The van der Waals surface area contributed by atoms with Crippen LogP contribution in [0.5, 0.6) is 0 Å². The second-order valence-electron chi connectivity index (χ2n) is 13.7. The van der Waals surface area contributed by atoms with Gasteiger partial charge in [0, 0.05) is 43.7 Å². The summed E-state index contributed by atoms with van der Waals surface area (Å²) in [5.41, 5.74) is 8.62. The normalized spacial score (nSPS) is 12.3. The summed E-state index contributed by atoms with van der Waals surface area (Å²) in [6, 6.07) is 61.8. The number of para-hydroxylation sites is 4. The monoisotopic (exact) mass is 648 g/mol. The summed E-state index contributed by atoms with van der Waals surface area (Å²) in [4.78, 5) is 2.39. The van der Waals surface area contributed by atoms with Gasteiger partial charge in [-0.3, -0.25) is 0 Å². The van der Waals surface area contributed by atoms with Crippen molar-refractivity contribution in [3.63, 3.8) is 0 Å². The summed E-state index contributed by atoms with van der Waals surface area (Å²) in [5.74, 6) is 0. The zero-order chi connectivity index (χ0) is 33.2. The second kappa shape index (κ2) is 9.87. The molecule has 0 aliphatic rings. The minimum Gasteiger partial charge on any atom is -0.454 e. The summed E-state index contributed by atoms with van der Waals surface area (Å²) >= 11 is 0. The van der Waals surface area contributed by atoms with Crippen LogP contribution in [0.3, 0.4) is 0 Å². The molecule has 0 aliphatic heterocycles. The molecular weight excluding hydrogens is 621 g/mol. The van der Waals surface area contributed by atoms with E-state index < -0.39 is 0 Å². The number of nitrogens with zero attached hydrogens (tertiary/aromatic N) is 2. The van der Waals surface area contributed by atoms with Gasteiger partial charge < -0.3 is 13.7 Å². The van der Waals surface area contributed by atoms with Crippen LogP contribution >= 0.6 is 0 Å². The van der Waals surface area contributed by atoms with Crippen LogP contribution in [-0.4, -0.2) is 4.40 Å². The Labute approximate surface area is 292 Å². The van der Waals surface area contributed by atoms with Gasteiger partial charge in [0.25, 0.3) is 0 Å². The Bertz CT molecular complexity index is 3350. The minimum atomic E-state index is 0.875. The first-order valence-electron chi connectivity index (χ1n) is 17.5. The number of hydrogen-bond acceptors (Lipinski definition) is 2. The standard InChI is InChI=1S/C48H28N2O/c1-2-13-33-31(11-1)32-12-3-4-14-34(32)42-27-29(23-25-35(33)42)49(44-21-10-19-41-38-16-6-8-22-46(38)51-48(41)44)30-24-26-37-40-18-9-17-39-36-15-5-7-20-43(36)50(47(39)40)45(37)28-30/h1-28H. The topological polar surface area (TPSA) is 20.8 Å². The molecule has 0 amide bonds. The molecule has 12 aromatic rings. The predicted octanol–water partition coefficient (Wildman–Crippen LogP) is 13.7. The second-order valence-corrected chi connectivity index (χ2v) is 13.7. The largest absolute Gasteiger partial charge is 0.454 e. The molecule has 0 atom stereocenters. The molecule has 3 heterocycles. The molecule has 0 bridgehead atoms. The maximum absolute atomic E-state index is 6.71. The van der Waals surface area contributed by atoms with E-state index in [9.17, 15) is 0 Å². The van der Waals surface area contributed by atoms with Gasteiger partial charge in [-0.25, -0.2) is 0 Å². The van der Waals surface area contributed by atoms with Crippen LogP contribution in [0, 0.1) is 0 Å². The maximum Gasteiger partial charge on any atom is 0.159 e. The number of fused-ring (bicyclic) bond motifs is 15. The Hall–Kier alpha value is -6.84. The molecule has 0 N–H and O–H groups in total. The summed E-state index contributed by atoms with van der Waals surface area (Å²) in [6.07, 6.45) is 0. The van der Waals surface area contributed by atoms with Crippen LogP contribution in [0.15, 0.2) is 174 Å². The van der Waals surface area contributed by atoms with Gasteiger partial charge in [0.2, 0.25) is 0 Å². The Kier molecular flexibility index (Phi) is 5.23. The minimum absolute atomic E-state index is 0.875. The van der Waals surface area contributed by atoms with Crippen LogP contribution in [0.2, 0.25) is 0 Å². The Morgan fingerprint density at radius 2 is 0.863 bits per heavy atom. The summed E-state index contributed by atoms with van der Waals surface area (Å²) in [5, 5.41) is 14.9. The molecule has 0 saturated carbocycles. The average molecular weight is 649 g/mol. The molecule has 3 heteroatoms. The van der Waals surface area contributed by atoms with Gasteiger partial charge in [-0.2, -0.15) is 0 Å². The van der Waals surface area contributed by atoms with Crippen LogP contribution in [0.4, 0.5) is 17.1 Å². The lowest BCUT2D eigenvalue weighted by Gasteiger charge is -2.26. The molecule has 12 rings (SSSR count). The fourth-order valence-corrected chi connectivity index (χ4v) is 8.93. The zero-order valence-electron chi connectivity index (χ0n) is 27.5. The summed E-state index contributed by atoms with van der Waals surface area (Å²) in [6.45, 7) is 0. The van der Waals surface area contributed by atoms with Gasteiger partial charge in [0.05, 0.1) is 22.2 Å². The zero-order valence-corrected chi connectivity index (χ0v) is 27.5. The predicted molar refractivity (Wildman–Crippen MR) is 216 cm³/mol. The van der Waals surface area contributed by atoms with Gasteiger partial charge in [-0.15, -0.1) is 0 Å². The molecule has 3 nitrogen and oxygen atoms in total. The lowest BCUT2D eigenvalue weighted by molar-refractivity contribution is 0.669. The van der Waals surface area contributed by atoms with Crippen LogP contribution < -0.4 is 4.90 Å². The molecule has 0 unspecified atom stereocenters. The highest BCUT2D eigenvalue weighted by molar-refractivity contribution is 6.26. The number of anilines is 3. The van der Waals surface area contributed by atoms with Crippen LogP contribution in [-0.2, 0) is 0 Å². The van der Waals surface area contributed by atoms with Gasteiger partial charge >= 0.3 is 0 Å². The molecule has 0 fully saturated rings. The van der Waals surface area contributed by atoms with Crippen molar-refractivity contribution in [1.29, 1.82) is 0 Å². The van der Waals surface area contributed by atoms with E-state index in [4.69, 9.17) is 4.42 Å². The number of rotatable bonds is 3. The number of benzene rings is 9. The van der Waals surface area contributed by atoms with Crippen molar-refractivity contribution in [3.05, 3.63) is 170 Å². The number of hydrogen-bond donors (Lipinski definition) is 0. The van der Waals surface area contributed by atoms with Gasteiger partial charge in [0.15, 0.2) is 5.58 Å². The lowest BCUT2D eigenvalue weighted by atomic mass is 9.94. The smallest absolute Gasteiger partial charge is 0.159 e. The SMILES string of the molecule is c1ccc2c(c1)oc1c(N(c3ccc4c5ccccc5c5ccccc5c4c3)c3ccc4c5cccc6c7ccccc7n(c4c3)c65)cccc12. The van der Waals surface area contributed by atoms with Gasteiger partial charge in [-0.05, 0) is 74.8 Å². The summed E-state index contributed by atoms with van der Waals surface area (Å²) < 4.78 is 9.17. The van der Waals surface area contributed by atoms with Crippen molar-refractivity contribution in [3.8, 4) is 0 Å². The molecular formula is C48H28N2O. The molecule has 51 heavy (non-hydrogen) atoms. The first-order valence-corrected chi connectivity index (χ1v) is 17.5. The quantitative estimate of drug-likeness (QED) is 0.178. The van der Waals surface area contributed by atoms with Crippen molar-refractivity contribution >= 4 is 109 Å². The third-order valence-electron chi connectivity index (χ3n) is 11.1. The highest BCUT2D eigenvalue weighted by Crippen LogP contribution is 2.46. The van der Waals surface area contributed by atoms with E-state index in [2.05, 4.69) is 173 Å². The van der Waals surface area contributed by atoms with Crippen LogP contribution in [0.1, 0.15) is 0 Å². The van der Waals surface area contributed by atoms with E-state index in [1.807, 2.05) is 6.07 Å². The highest BCUT2D eigenvalue weighted by Gasteiger charge is 2.23. The first kappa shape index (κ1) is 27.0. The third kappa shape index (κ3) is 3.57. The number of aromatic nitrogens is 1.